The molecule has 2 aromatic carbocycles. The van der Waals surface area contributed by atoms with Crippen LogP contribution in [-0.2, 0) is 6.42 Å². The zero-order chi connectivity index (χ0) is 20.9. The summed E-state index contributed by atoms with van der Waals surface area (Å²) in [5, 5.41) is 9.33. The summed E-state index contributed by atoms with van der Waals surface area (Å²) in [6.07, 6.45) is 0.785. The van der Waals surface area contributed by atoms with Gasteiger partial charge in [-0.15, -0.1) is 0 Å². The van der Waals surface area contributed by atoms with Crippen molar-refractivity contribution < 1.29 is 14.3 Å². The number of aliphatic imine (C=N–C) groups is 1. The van der Waals surface area contributed by atoms with Crippen molar-refractivity contribution in [3.05, 3.63) is 59.7 Å². The second kappa shape index (κ2) is 12.3. The largest absolute Gasteiger partial charge is 0.497 e. The average Bonchev–Trinajstić information content (AvgIpc) is 2.76. The van der Waals surface area contributed by atoms with Gasteiger partial charge in [0.05, 0.1) is 14.2 Å². The predicted molar refractivity (Wildman–Crippen MR) is 116 cm³/mol. The first-order chi connectivity index (χ1) is 14.2. The van der Waals surface area contributed by atoms with Gasteiger partial charge in [-0.2, -0.15) is 0 Å². The summed E-state index contributed by atoms with van der Waals surface area (Å²) in [5.74, 6) is 2.12. The quantitative estimate of drug-likeness (QED) is 0.325. The zero-order valence-corrected chi connectivity index (χ0v) is 17.3. The van der Waals surface area contributed by atoms with Crippen LogP contribution in [0.2, 0.25) is 0 Å². The molecule has 2 aromatic rings. The molecule has 0 radical (unpaired) electrons. The van der Waals surface area contributed by atoms with Crippen LogP contribution in [0.1, 0.15) is 22.8 Å². The van der Waals surface area contributed by atoms with Gasteiger partial charge in [0.15, 0.2) is 5.96 Å². The van der Waals surface area contributed by atoms with Gasteiger partial charge >= 0.3 is 0 Å². The minimum atomic E-state index is -0.135. The molecule has 0 spiro atoms. The number of rotatable bonds is 10. The van der Waals surface area contributed by atoms with Crippen LogP contribution >= 0.6 is 0 Å². The molecule has 0 unspecified atom stereocenters. The minimum absolute atomic E-state index is 0.135. The molecular formula is C22H30N4O3. The molecule has 0 heterocycles. The van der Waals surface area contributed by atoms with Crippen molar-refractivity contribution in [3.8, 4) is 11.5 Å². The van der Waals surface area contributed by atoms with Crippen molar-refractivity contribution in [3.63, 3.8) is 0 Å². The Hall–Kier alpha value is -3.22. The number of carbonyl (C=O) groups is 1. The summed E-state index contributed by atoms with van der Waals surface area (Å²) in [5.41, 5.74) is 1.70. The number of amides is 1. The second-order valence-electron chi connectivity index (χ2n) is 6.24. The van der Waals surface area contributed by atoms with Crippen LogP contribution in [0.25, 0.3) is 0 Å². The SMILES string of the molecule is CCNC(=NCCc1ccccc1OC)NCCNC(=O)c1cccc(OC)c1. The first-order valence-electron chi connectivity index (χ1n) is 9.74. The third-order valence-corrected chi connectivity index (χ3v) is 4.22. The van der Waals surface area contributed by atoms with Gasteiger partial charge in [0.25, 0.3) is 5.91 Å². The maximum Gasteiger partial charge on any atom is 0.251 e. The number of guanidine groups is 1. The molecule has 0 fully saturated rings. The van der Waals surface area contributed by atoms with Gasteiger partial charge < -0.3 is 25.4 Å². The molecule has 29 heavy (non-hydrogen) atoms. The van der Waals surface area contributed by atoms with Crippen LogP contribution in [-0.4, -0.2) is 52.3 Å². The number of benzene rings is 2. The fourth-order valence-electron chi connectivity index (χ4n) is 2.76. The van der Waals surface area contributed by atoms with Crippen molar-refractivity contribution in [1.29, 1.82) is 0 Å². The number of nitrogens with zero attached hydrogens (tertiary/aromatic N) is 1. The van der Waals surface area contributed by atoms with Gasteiger partial charge in [-0.3, -0.25) is 9.79 Å². The minimum Gasteiger partial charge on any atom is -0.497 e. The van der Waals surface area contributed by atoms with Gasteiger partial charge in [0.2, 0.25) is 0 Å². The highest BCUT2D eigenvalue weighted by atomic mass is 16.5. The Morgan fingerprint density at radius 2 is 1.76 bits per heavy atom. The number of nitrogens with one attached hydrogen (secondary N) is 3. The fraction of sp³-hybridized carbons (Fsp3) is 0.364. The molecule has 0 atom stereocenters. The lowest BCUT2D eigenvalue weighted by molar-refractivity contribution is 0.0954. The summed E-state index contributed by atoms with van der Waals surface area (Å²) >= 11 is 0. The predicted octanol–water partition coefficient (Wildman–Crippen LogP) is 2.23. The first-order valence-corrected chi connectivity index (χ1v) is 9.74. The maximum absolute atomic E-state index is 12.2. The normalized spacial score (nSPS) is 10.9. The summed E-state index contributed by atoms with van der Waals surface area (Å²) in [7, 11) is 3.25. The van der Waals surface area contributed by atoms with E-state index in [1.165, 1.54) is 0 Å². The van der Waals surface area contributed by atoms with Crippen LogP contribution in [0.15, 0.2) is 53.5 Å². The van der Waals surface area contributed by atoms with Crippen LogP contribution < -0.4 is 25.4 Å². The van der Waals surface area contributed by atoms with Crippen molar-refractivity contribution in [2.45, 2.75) is 13.3 Å². The van der Waals surface area contributed by atoms with Crippen molar-refractivity contribution in [2.75, 3.05) is 40.4 Å². The Balaban J connectivity index is 1.79. The van der Waals surface area contributed by atoms with E-state index in [4.69, 9.17) is 9.47 Å². The fourth-order valence-corrected chi connectivity index (χ4v) is 2.76. The van der Waals surface area contributed by atoms with E-state index in [9.17, 15) is 4.79 Å². The molecule has 0 aliphatic carbocycles. The van der Waals surface area contributed by atoms with Gasteiger partial charge in [-0.25, -0.2) is 0 Å². The summed E-state index contributed by atoms with van der Waals surface area (Å²) < 4.78 is 10.5. The smallest absolute Gasteiger partial charge is 0.251 e. The van der Waals surface area contributed by atoms with E-state index in [0.717, 1.165) is 30.2 Å². The van der Waals surface area contributed by atoms with Crippen molar-refractivity contribution >= 4 is 11.9 Å². The van der Waals surface area contributed by atoms with Gasteiger partial charge in [0, 0.05) is 31.7 Å². The molecule has 0 aromatic heterocycles. The molecule has 0 saturated carbocycles. The Morgan fingerprint density at radius 3 is 2.52 bits per heavy atom. The highest BCUT2D eigenvalue weighted by Gasteiger charge is 2.06. The molecule has 3 N–H and O–H groups in total. The molecule has 0 aliphatic rings. The highest BCUT2D eigenvalue weighted by molar-refractivity contribution is 5.94. The van der Waals surface area contributed by atoms with Crippen molar-refractivity contribution in [2.24, 2.45) is 4.99 Å². The van der Waals surface area contributed by atoms with Gasteiger partial charge in [0.1, 0.15) is 11.5 Å². The lowest BCUT2D eigenvalue weighted by Crippen LogP contribution is -2.41. The average molecular weight is 399 g/mol. The van der Waals surface area contributed by atoms with Gasteiger partial charge in [-0.05, 0) is 43.2 Å². The number of methoxy groups -OCH3 is 2. The van der Waals surface area contributed by atoms with E-state index in [-0.39, 0.29) is 5.91 Å². The molecule has 0 aliphatic heterocycles. The highest BCUT2D eigenvalue weighted by Crippen LogP contribution is 2.17. The molecule has 7 nitrogen and oxygen atoms in total. The number of hydrogen-bond donors (Lipinski definition) is 3. The third kappa shape index (κ3) is 7.37. The van der Waals surface area contributed by atoms with E-state index in [2.05, 4.69) is 20.9 Å². The van der Waals surface area contributed by atoms with Crippen molar-refractivity contribution in [1.82, 2.24) is 16.0 Å². The first kappa shape index (κ1) is 22.1. The number of carbonyl (C=O) groups excluding carboxylic acids is 1. The molecule has 7 heteroatoms. The number of ether oxygens (including phenoxy) is 2. The second-order valence-corrected chi connectivity index (χ2v) is 6.24. The Kier molecular flexibility index (Phi) is 9.35. The molecule has 2 rings (SSSR count). The Morgan fingerprint density at radius 1 is 0.966 bits per heavy atom. The molecule has 0 saturated heterocycles. The van der Waals surface area contributed by atoms with E-state index in [1.807, 2.05) is 37.3 Å². The summed E-state index contributed by atoms with van der Waals surface area (Å²) in [6, 6.07) is 15.0. The van der Waals surface area contributed by atoms with Crippen LogP contribution in [0.4, 0.5) is 0 Å². The standard InChI is InChI=1S/C22H30N4O3/c1-4-23-22(25-13-12-17-8-5-6-11-20(17)29-3)26-15-14-24-21(27)18-9-7-10-19(16-18)28-2/h5-11,16H,4,12-15H2,1-3H3,(H,24,27)(H2,23,25,26). The topological polar surface area (TPSA) is 84.0 Å². The molecular weight excluding hydrogens is 368 g/mol. The summed E-state index contributed by atoms with van der Waals surface area (Å²) in [4.78, 5) is 16.8. The van der Waals surface area contributed by atoms with E-state index in [1.54, 1.807) is 32.4 Å². The van der Waals surface area contributed by atoms with E-state index in [0.29, 0.717) is 30.9 Å². The third-order valence-electron chi connectivity index (χ3n) is 4.22. The van der Waals surface area contributed by atoms with Crippen LogP contribution in [0.5, 0.6) is 11.5 Å². The van der Waals surface area contributed by atoms with E-state index >= 15 is 0 Å². The van der Waals surface area contributed by atoms with E-state index < -0.39 is 0 Å². The Bertz CT molecular complexity index is 808. The lowest BCUT2D eigenvalue weighted by atomic mass is 10.1. The number of para-hydroxylation sites is 1. The summed E-state index contributed by atoms with van der Waals surface area (Å²) in [6.45, 7) is 4.45. The number of hydrogen-bond acceptors (Lipinski definition) is 4. The zero-order valence-electron chi connectivity index (χ0n) is 17.3. The Labute approximate surface area is 172 Å². The van der Waals surface area contributed by atoms with Crippen LogP contribution in [0, 0.1) is 0 Å². The monoisotopic (exact) mass is 398 g/mol. The van der Waals surface area contributed by atoms with Crippen LogP contribution in [0.3, 0.4) is 0 Å². The lowest BCUT2D eigenvalue weighted by Gasteiger charge is -2.12. The maximum atomic E-state index is 12.2. The molecule has 156 valence electrons. The van der Waals surface area contributed by atoms with Gasteiger partial charge in [-0.1, -0.05) is 24.3 Å². The molecule has 0 bridgehead atoms. The molecule has 1 amide bonds.